The average molecular weight is 251 g/mol. The molecule has 0 aliphatic carbocycles. The first-order valence-electron chi connectivity index (χ1n) is 5.63. The first-order chi connectivity index (χ1) is 8.35. The first-order valence-corrected chi connectivity index (χ1v) is 5.63. The predicted molar refractivity (Wildman–Crippen MR) is 65.9 cm³/mol. The molecule has 1 aromatic carbocycles. The fourth-order valence-corrected chi connectivity index (χ4v) is 1.72. The smallest absolute Gasteiger partial charge is 0.132 e. The Bertz CT molecular complexity index is 556. The monoisotopic (exact) mass is 251 g/mol. The molecule has 0 spiro atoms. The van der Waals surface area contributed by atoms with Gasteiger partial charge < -0.3 is 10.7 Å². The highest BCUT2D eigenvalue weighted by atomic mass is 19.1. The van der Waals surface area contributed by atoms with Gasteiger partial charge in [-0.25, -0.2) is 13.8 Å². The third kappa shape index (κ3) is 2.92. The minimum atomic E-state index is -0.487. The molecule has 1 heterocycles. The highest BCUT2D eigenvalue weighted by Gasteiger charge is 2.15. The summed E-state index contributed by atoms with van der Waals surface area (Å²) in [5.41, 5.74) is 6.09. The fraction of sp³-hybridized carbons (Fsp3) is 0.308. The molecule has 96 valence electrons. The van der Waals surface area contributed by atoms with Crippen molar-refractivity contribution in [1.29, 1.82) is 0 Å². The molecule has 0 saturated carbocycles. The van der Waals surface area contributed by atoms with E-state index in [1.54, 1.807) is 0 Å². The number of imidazole rings is 1. The zero-order chi connectivity index (χ0) is 13.3. The second-order valence-electron chi connectivity index (χ2n) is 5.03. The molecule has 3 N–H and O–H groups in total. The summed E-state index contributed by atoms with van der Waals surface area (Å²) in [7, 11) is 0. The van der Waals surface area contributed by atoms with Crippen molar-refractivity contribution in [2.75, 3.05) is 0 Å². The second kappa shape index (κ2) is 4.49. The molecule has 0 amide bonds. The van der Waals surface area contributed by atoms with Crippen molar-refractivity contribution in [1.82, 2.24) is 9.97 Å². The summed E-state index contributed by atoms with van der Waals surface area (Å²) in [5.74, 6) is -0.318. The minimum absolute atomic E-state index is 0.170. The molecule has 0 radical (unpaired) electrons. The Hall–Kier alpha value is -1.75. The zero-order valence-electron chi connectivity index (χ0n) is 10.3. The Balaban J connectivity index is 2.32. The molecule has 0 aliphatic heterocycles. The molecular weight excluding hydrogens is 236 g/mol. The maximum Gasteiger partial charge on any atom is 0.132 e. The summed E-state index contributed by atoms with van der Waals surface area (Å²) in [6.07, 6.45) is 2.02. The molecular formula is C13H15F2N3. The number of hydrogen-bond donors (Lipinski definition) is 2. The van der Waals surface area contributed by atoms with Crippen molar-refractivity contribution in [2.45, 2.75) is 25.8 Å². The quantitative estimate of drug-likeness (QED) is 0.881. The lowest BCUT2D eigenvalue weighted by Crippen LogP contribution is -2.34. The molecule has 1 aromatic heterocycles. The Morgan fingerprint density at radius 1 is 1.33 bits per heavy atom. The van der Waals surface area contributed by atoms with Gasteiger partial charge in [0.15, 0.2) is 0 Å². The van der Waals surface area contributed by atoms with Gasteiger partial charge >= 0.3 is 0 Å². The predicted octanol–water partition coefficient (Wildman–Crippen LogP) is 2.63. The molecule has 0 atom stereocenters. The van der Waals surface area contributed by atoms with Crippen molar-refractivity contribution >= 4 is 0 Å². The topological polar surface area (TPSA) is 54.7 Å². The van der Waals surface area contributed by atoms with Gasteiger partial charge in [-0.3, -0.25) is 0 Å². The Labute approximate surface area is 104 Å². The zero-order valence-corrected chi connectivity index (χ0v) is 10.3. The van der Waals surface area contributed by atoms with Crippen LogP contribution in [0.5, 0.6) is 0 Å². The van der Waals surface area contributed by atoms with E-state index in [4.69, 9.17) is 5.73 Å². The van der Waals surface area contributed by atoms with Gasteiger partial charge in [-0.1, -0.05) is 0 Å². The summed E-state index contributed by atoms with van der Waals surface area (Å²) in [6, 6.07) is 3.32. The van der Waals surface area contributed by atoms with Crippen molar-refractivity contribution in [3.63, 3.8) is 0 Å². The van der Waals surface area contributed by atoms with Gasteiger partial charge in [-0.2, -0.15) is 0 Å². The van der Waals surface area contributed by atoms with E-state index in [1.165, 1.54) is 6.20 Å². The molecule has 5 heteroatoms. The highest BCUT2D eigenvalue weighted by Crippen LogP contribution is 2.22. The largest absolute Gasteiger partial charge is 0.342 e. The molecule has 2 rings (SSSR count). The van der Waals surface area contributed by atoms with Crippen LogP contribution in [0.3, 0.4) is 0 Å². The van der Waals surface area contributed by atoms with E-state index in [0.717, 1.165) is 18.2 Å². The van der Waals surface area contributed by atoms with Crippen LogP contribution >= 0.6 is 0 Å². The summed E-state index contributed by atoms with van der Waals surface area (Å²) < 4.78 is 26.7. The SMILES string of the molecule is CC(C)(N)Cc1ncc(-c2cc(F)ccc2F)[nH]1. The maximum absolute atomic E-state index is 13.6. The Morgan fingerprint density at radius 2 is 2.06 bits per heavy atom. The molecule has 3 nitrogen and oxygen atoms in total. The molecule has 0 bridgehead atoms. The normalized spacial score (nSPS) is 11.8. The van der Waals surface area contributed by atoms with Gasteiger partial charge in [0, 0.05) is 17.5 Å². The lowest BCUT2D eigenvalue weighted by molar-refractivity contribution is 0.504. The number of aromatic nitrogens is 2. The maximum atomic E-state index is 13.6. The number of benzene rings is 1. The van der Waals surface area contributed by atoms with Gasteiger partial charge in [-0.05, 0) is 32.0 Å². The minimum Gasteiger partial charge on any atom is -0.342 e. The van der Waals surface area contributed by atoms with E-state index < -0.39 is 17.2 Å². The summed E-state index contributed by atoms with van der Waals surface area (Å²) >= 11 is 0. The van der Waals surface area contributed by atoms with Crippen LogP contribution in [0, 0.1) is 11.6 Å². The molecule has 2 aromatic rings. The highest BCUT2D eigenvalue weighted by molar-refractivity contribution is 5.59. The second-order valence-corrected chi connectivity index (χ2v) is 5.03. The van der Waals surface area contributed by atoms with Gasteiger partial charge in [0.1, 0.15) is 17.5 Å². The Morgan fingerprint density at radius 3 is 2.72 bits per heavy atom. The van der Waals surface area contributed by atoms with Crippen LogP contribution in [0.4, 0.5) is 8.78 Å². The van der Waals surface area contributed by atoms with Gasteiger partial charge in [-0.15, -0.1) is 0 Å². The van der Waals surface area contributed by atoms with Gasteiger partial charge in [0.2, 0.25) is 0 Å². The molecule has 0 unspecified atom stereocenters. The number of H-pyrrole nitrogens is 1. The summed E-state index contributed by atoms with van der Waals surface area (Å²) in [4.78, 5) is 7.08. The Kier molecular flexibility index (Phi) is 3.17. The van der Waals surface area contributed by atoms with E-state index in [0.29, 0.717) is 17.9 Å². The summed E-state index contributed by atoms with van der Waals surface area (Å²) in [6.45, 7) is 3.75. The van der Waals surface area contributed by atoms with Crippen LogP contribution in [-0.4, -0.2) is 15.5 Å². The lowest BCUT2D eigenvalue weighted by Gasteiger charge is -2.15. The summed E-state index contributed by atoms with van der Waals surface area (Å²) in [5, 5.41) is 0. The molecule has 18 heavy (non-hydrogen) atoms. The number of nitrogens with zero attached hydrogens (tertiary/aromatic N) is 1. The van der Waals surface area contributed by atoms with Gasteiger partial charge in [0.25, 0.3) is 0 Å². The number of aromatic amines is 1. The molecule has 0 aliphatic rings. The third-order valence-corrected chi connectivity index (χ3v) is 2.47. The van der Waals surface area contributed by atoms with Crippen LogP contribution < -0.4 is 5.73 Å². The van der Waals surface area contributed by atoms with E-state index >= 15 is 0 Å². The van der Waals surface area contributed by atoms with Crippen molar-refractivity contribution in [2.24, 2.45) is 5.73 Å². The number of hydrogen-bond acceptors (Lipinski definition) is 2. The van der Waals surface area contributed by atoms with Crippen LogP contribution in [-0.2, 0) is 6.42 Å². The number of rotatable bonds is 3. The molecule has 0 saturated heterocycles. The number of halogens is 2. The van der Waals surface area contributed by atoms with Crippen molar-refractivity contribution < 1.29 is 8.78 Å². The van der Waals surface area contributed by atoms with Crippen LogP contribution in [0.15, 0.2) is 24.4 Å². The average Bonchev–Trinajstić information content (AvgIpc) is 2.67. The van der Waals surface area contributed by atoms with Crippen molar-refractivity contribution in [3.05, 3.63) is 41.9 Å². The van der Waals surface area contributed by atoms with Gasteiger partial charge in [0.05, 0.1) is 11.9 Å². The van der Waals surface area contributed by atoms with E-state index in [-0.39, 0.29) is 5.56 Å². The number of nitrogens with one attached hydrogen (secondary N) is 1. The van der Waals surface area contributed by atoms with E-state index in [2.05, 4.69) is 9.97 Å². The van der Waals surface area contributed by atoms with Crippen LogP contribution in [0.2, 0.25) is 0 Å². The molecule has 0 fully saturated rings. The third-order valence-electron chi connectivity index (χ3n) is 2.47. The van der Waals surface area contributed by atoms with E-state index in [1.807, 2.05) is 13.8 Å². The fourth-order valence-electron chi connectivity index (χ4n) is 1.72. The lowest BCUT2D eigenvalue weighted by atomic mass is 10.0. The first kappa shape index (κ1) is 12.7. The van der Waals surface area contributed by atoms with Crippen molar-refractivity contribution in [3.8, 4) is 11.3 Å². The van der Waals surface area contributed by atoms with Crippen LogP contribution in [0.1, 0.15) is 19.7 Å². The standard InChI is InChI=1S/C13H15F2N3/c1-13(2,16)6-12-17-7-11(18-12)9-5-8(14)3-4-10(9)15/h3-5,7H,6,16H2,1-2H3,(H,17,18). The van der Waals surface area contributed by atoms with Crippen LogP contribution in [0.25, 0.3) is 11.3 Å². The number of nitrogens with two attached hydrogens (primary N) is 1. The van der Waals surface area contributed by atoms with E-state index in [9.17, 15) is 8.78 Å².